The molecule has 0 radical (unpaired) electrons. The van der Waals surface area contributed by atoms with Gasteiger partial charge in [0.25, 0.3) is 0 Å². The van der Waals surface area contributed by atoms with Gasteiger partial charge in [-0.1, -0.05) is 0 Å². The van der Waals surface area contributed by atoms with Crippen molar-refractivity contribution in [3.63, 3.8) is 0 Å². The van der Waals surface area contributed by atoms with Crippen LogP contribution in [0.3, 0.4) is 0 Å². The highest BCUT2D eigenvalue weighted by Gasteiger charge is 2.25. The molecular weight excluding hydrogens is 238 g/mol. The molecule has 1 saturated heterocycles. The van der Waals surface area contributed by atoms with Gasteiger partial charge in [-0.3, -0.25) is 0 Å². The Bertz CT molecular complexity index is 183. The largest absolute Gasteiger partial charge is 0.382 e. The average Bonchev–Trinajstić information content (AvgIpc) is 2.80. The fourth-order valence-corrected chi connectivity index (χ4v) is 3.43. The van der Waals surface area contributed by atoms with E-state index in [-0.39, 0.29) is 0 Å². The molecule has 1 aliphatic heterocycles. The summed E-state index contributed by atoms with van der Waals surface area (Å²) >= 11 is 2.04. The molecule has 0 spiro atoms. The maximum absolute atomic E-state index is 5.57. The Kier molecular flexibility index (Phi) is 9.10. The summed E-state index contributed by atoms with van der Waals surface area (Å²) in [7, 11) is 3.73. The molecule has 2 atom stereocenters. The van der Waals surface area contributed by atoms with Crippen molar-refractivity contribution < 1.29 is 14.2 Å². The number of hydrogen-bond acceptors (Lipinski definition) is 5. The van der Waals surface area contributed by atoms with Crippen LogP contribution in [0.1, 0.15) is 6.42 Å². The standard InChI is InChI=1S/C12H25NO3S/c1-13-12-10-17-9-11(12)3-4-15-7-8-16-6-5-14-2/h11-13H,3-10H2,1-2H3. The van der Waals surface area contributed by atoms with Crippen LogP contribution in [0.5, 0.6) is 0 Å². The van der Waals surface area contributed by atoms with Crippen molar-refractivity contribution in [1.82, 2.24) is 5.32 Å². The number of thioether (sulfide) groups is 1. The fourth-order valence-electron chi connectivity index (χ4n) is 1.90. The molecule has 2 unspecified atom stereocenters. The van der Waals surface area contributed by atoms with Gasteiger partial charge in [-0.25, -0.2) is 0 Å². The minimum absolute atomic E-state index is 0.654. The van der Waals surface area contributed by atoms with E-state index in [1.165, 1.54) is 11.5 Å². The zero-order chi connectivity index (χ0) is 12.3. The van der Waals surface area contributed by atoms with Gasteiger partial charge < -0.3 is 19.5 Å². The van der Waals surface area contributed by atoms with Crippen LogP contribution in [0, 0.1) is 5.92 Å². The molecule has 17 heavy (non-hydrogen) atoms. The first-order chi connectivity index (χ1) is 8.38. The van der Waals surface area contributed by atoms with E-state index in [0.29, 0.717) is 32.5 Å². The smallest absolute Gasteiger partial charge is 0.0701 e. The summed E-state index contributed by atoms with van der Waals surface area (Å²) in [6.07, 6.45) is 1.15. The Morgan fingerprint density at radius 1 is 1.06 bits per heavy atom. The van der Waals surface area contributed by atoms with E-state index in [2.05, 4.69) is 5.32 Å². The Morgan fingerprint density at radius 2 is 1.76 bits per heavy atom. The minimum Gasteiger partial charge on any atom is -0.382 e. The van der Waals surface area contributed by atoms with Crippen LogP contribution in [0.25, 0.3) is 0 Å². The molecule has 4 nitrogen and oxygen atoms in total. The second kappa shape index (κ2) is 10.1. The lowest BCUT2D eigenvalue weighted by molar-refractivity contribution is 0.0218. The van der Waals surface area contributed by atoms with Crippen LogP contribution in [0.15, 0.2) is 0 Å². The lowest BCUT2D eigenvalue weighted by Gasteiger charge is -2.17. The van der Waals surface area contributed by atoms with Gasteiger partial charge in [0.05, 0.1) is 26.4 Å². The zero-order valence-electron chi connectivity index (χ0n) is 10.9. The monoisotopic (exact) mass is 263 g/mol. The van der Waals surface area contributed by atoms with Crippen LogP contribution in [-0.2, 0) is 14.2 Å². The Hall–Kier alpha value is 0.190. The van der Waals surface area contributed by atoms with E-state index < -0.39 is 0 Å². The summed E-state index contributed by atoms with van der Waals surface area (Å²) in [6.45, 7) is 3.51. The lowest BCUT2D eigenvalue weighted by Crippen LogP contribution is -2.32. The van der Waals surface area contributed by atoms with E-state index in [1.54, 1.807) is 7.11 Å². The van der Waals surface area contributed by atoms with Gasteiger partial charge >= 0.3 is 0 Å². The highest BCUT2D eigenvalue weighted by atomic mass is 32.2. The summed E-state index contributed by atoms with van der Waals surface area (Å²) in [4.78, 5) is 0. The van der Waals surface area contributed by atoms with E-state index in [9.17, 15) is 0 Å². The molecule has 0 aromatic rings. The number of methoxy groups -OCH3 is 1. The Labute approximate surface area is 109 Å². The van der Waals surface area contributed by atoms with Gasteiger partial charge in [-0.05, 0) is 25.1 Å². The molecule has 0 aromatic heterocycles. The van der Waals surface area contributed by atoms with Gasteiger partial charge in [0.1, 0.15) is 0 Å². The molecule has 0 amide bonds. The van der Waals surface area contributed by atoms with Crippen LogP contribution >= 0.6 is 11.8 Å². The van der Waals surface area contributed by atoms with Gasteiger partial charge in [0, 0.05) is 25.5 Å². The van der Waals surface area contributed by atoms with Crippen molar-refractivity contribution in [2.24, 2.45) is 5.92 Å². The third-order valence-electron chi connectivity index (χ3n) is 3.01. The van der Waals surface area contributed by atoms with Gasteiger partial charge in [-0.15, -0.1) is 0 Å². The lowest BCUT2D eigenvalue weighted by atomic mass is 10.0. The second-order valence-electron chi connectivity index (χ2n) is 4.20. The molecule has 0 saturated carbocycles. The summed E-state index contributed by atoms with van der Waals surface area (Å²) in [6, 6.07) is 0.668. The Morgan fingerprint density at radius 3 is 2.47 bits per heavy atom. The summed E-state index contributed by atoms with van der Waals surface area (Å²) in [5, 5.41) is 3.37. The van der Waals surface area contributed by atoms with Crippen LogP contribution in [-0.4, -0.2) is 64.7 Å². The second-order valence-corrected chi connectivity index (χ2v) is 5.27. The molecule has 0 aliphatic carbocycles. The van der Waals surface area contributed by atoms with E-state index in [4.69, 9.17) is 14.2 Å². The molecule has 0 aromatic carbocycles. The molecule has 1 aliphatic rings. The maximum atomic E-state index is 5.57. The van der Waals surface area contributed by atoms with Crippen molar-refractivity contribution in [3.05, 3.63) is 0 Å². The molecule has 5 heteroatoms. The fraction of sp³-hybridized carbons (Fsp3) is 1.00. The van der Waals surface area contributed by atoms with Crippen LogP contribution < -0.4 is 5.32 Å². The van der Waals surface area contributed by atoms with Crippen molar-refractivity contribution in [1.29, 1.82) is 0 Å². The third-order valence-corrected chi connectivity index (χ3v) is 4.26. The van der Waals surface area contributed by atoms with Gasteiger partial charge in [0.2, 0.25) is 0 Å². The summed E-state index contributed by atoms with van der Waals surface area (Å²) < 4.78 is 15.8. The first kappa shape index (κ1) is 15.2. The minimum atomic E-state index is 0.654. The first-order valence-electron chi connectivity index (χ1n) is 6.28. The molecule has 1 rings (SSSR count). The third kappa shape index (κ3) is 6.62. The highest BCUT2D eigenvalue weighted by Crippen LogP contribution is 2.26. The zero-order valence-corrected chi connectivity index (χ0v) is 11.8. The average molecular weight is 263 g/mol. The quantitative estimate of drug-likeness (QED) is 0.596. The number of ether oxygens (including phenoxy) is 3. The van der Waals surface area contributed by atoms with Crippen molar-refractivity contribution in [2.75, 3.05) is 58.7 Å². The van der Waals surface area contributed by atoms with Crippen molar-refractivity contribution in [2.45, 2.75) is 12.5 Å². The molecule has 1 heterocycles. The predicted molar refractivity (Wildman–Crippen MR) is 71.8 cm³/mol. The van der Waals surface area contributed by atoms with Crippen LogP contribution in [0.4, 0.5) is 0 Å². The van der Waals surface area contributed by atoms with Crippen molar-refractivity contribution >= 4 is 11.8 Å². The number of hydrogen-bond donors (Lipinski definition) is 1. The first-order valence-corrected chi connectivity index (χ1v) is 7.43. The van der Waals surface area contributed by atoms with E-state index in [0.717, 1.165) is 18.9 Å². The summed E-state index contributed by atoms with van der Waals surface area (Å²) in [5.41, 5.74) is 0. The highest BCUT2D eigenvalue weighted by molar-refractivity contribution is 7.99. The topological polar surface area (TPSA) is 39.7 Å². The van der Waals surface area contributed by atoms with Crippen LogP contribution in [0.2, 0.25) is 0 Å². The predicted octanol–water partition coefficient (Wildman–Crippen LogP) is 1.01. The van der Waals surface area contributed by atoms with Crippen molar-refractivity contribution in [3.8, 4) is 0 Å². The number of rotatable bonds is 10. The maximum Gasteiger partial charge on any atom is 0.0701 e. The van der Waals surface area contributed by atoms with Gasteiger partial charge in [0.15, 0.2) is 0 Å². The number of nitrogens with one attached hydrogen (secondary N) is 1. The molecule has 102 valence electrons. The SMILES string of the molecule is CNC1CSCC1CCOCCOCCOC. The molecule has 1 fully saturated rings. The molecular formula is C12H25NO3S. The van der Waals surface area contributed by atoms with E-state index >= 15 is 0 Å². The Balaban J connectivity index is 1.87. The normalized spacial score (nSPS) is 24.4. The molecule has 1 N–H and O–H groups in total. The summed E-state index contributed by atoms with van der Waals surface area (Å²) in [5.74, 6) is 3.26. The molecule has 0 bridgehead atoms. The van der Waals surface area contributed by atoms with E-state index in [1.807, 2.05) is 18.8 Å². The van der Waals surface area contributed by atoms with Gasteiger partial charge in [-0.2, -0.15) is 11.8 Å².